The van der Waals surface area contributed by atoms with Gasteiger partial charge in [-0.15, -0.1) is 0 Å². The lowest BCUT2D eigenvalue weighted by Crippen LogP contribution is -2.49. The first-order valence-electron chi connectivity index (χ1n) is 11.8. The molecule has 2 aromatic carbocycles. The molecule has 1 saturated carbocycles. The molecule has 1 saturated heterocycles. The number of anilines is 1. The van der Waals surface area contributed by atoms with Crippen molar-refractivity contribution in [2.45, 2.75) is 44.0 Å². The molecule has 1 aliphatic heterocycles. The summed E-state index contributed by atoms with van der Waals surface area (Å²) in [6.07, 6.45) is 2.78. The van der Waals surface area contributed by atoms with Gasteiger partial charge in [0, 0.05) is 17.5 Å². The van der Waals surface area contributed by atoms with Crippen LogP contribution in [0.3, 0.4) is 0 Å². The van der Waals surface area contributed by atoms with E-state index in [1.807, 2.05) is 53.1 Å². The fourth-order valence-corrected chi connectivity index (χ4v) is 5.36. The Labute approximate surface area is 208 Å². The first-order valence-corrected chi connectivity index (χ1v) is 12.2. The number of nitrogen functional groups attached to an aromatic ring is 1. The summed E-state index contributed by atoms with van der Waals surface area (Å²) in [5.41, 5.74) is 9.20. The van der Waals surface area contributed by atoms with Crippen LogP contribution in [0.5, 0.6) is 0 Å². The summed E-state index contributed by atoms with van der Waals surface area (Å²) >= 11 is 6.29. The second kappa shape index (κ2) is 9.54. The maximum atomic E-state index is 6.53. The van der Waals surface area contributed by atoms with Gasteiger partial charge in [-0.05, 0) is 18.4 Å². The molecule has 2 aliphatic rings. The zero-order valence-corrected chi connectivity index (χ0v) is 19.8. The molecule has 8 nitrogen and oxygen atoms in total. The van der Waals surface area contributed by atoms with Gasteiger partial charge in [0.25, 0.3) is 0 Å². The van der Waals surface area contributed by atoms with Crippen molar-refractivity contribution in [3.63, 3.8) is 0 Å². The van der Waals surface area contributed by atoms with Crippen LogP contribution in [-0.4, -0.2) is 38.3 Å². The van der Waals surface area contributed by atoms with Crippen LogP contribution in [-0.2, 0) is 20.8 Å². The number of fused-ring (bicyclic) bond motifs is 2. The van der Waals surface area contributed by atoms with Gasteiger partial charge in [0.1, 0.15) is 5.52 Å². The Balaban J connectivity index is 1.30. The summed E-state index contributed by atoms with van der Waals surface area (Å²) < 4.78 is 21.2. The predicted molar refractivity (Wildman–Crippen MR) is 132 cm³/mol. The quantitative estimate of drug-likeness (QED) is 0.403. The topological polar surface area (TPSA) is 97.3 Å². The first kappa shape index (κ1) is 22.4. The molecule has 2 fully saturated rings. The van der Waals surface area contributed by atoms with Gasteiger partial charge in [0.15, 0.2) is 17.1 Å². The molecule has 0 bridgehead atoms. The van der Waals surface area contributed by atoms with Gasteiger partial charge in [0.2, 0.25) is 5.95 Å². The third-order valence-corrected chi connectivity index (χ3v) is 7.13. The summed E-state index contributed by atoms with van der Waals surface area (Å²) in [6, 6.07) is 20.3. The van der Waals surface area contributed by atoms with Crippen molar-refractivity contribution >= 4 is 28.7 Å². The minimum atomic E-state index is -0.405. The second-order valence-electron chi connectivity index (χ2n) is 9.07. The lowest BCUT2D eigenvalue weighted by molar-refractivity contribution is -0.272. The molecule has 4 aromatic rings. The van der Waals surface area contributed by atoms with E-state index < -0.39 is 6.29 Å². The highest BCUT2D eigenvalue weighted by Crippen LogP contribution is 2.43. The van der Waals surface area contributed by atoms with Crippen molar-refractivity contribution in [2.24, 2.45) is 5.92 Å². The number of rotatable bonds is 5. The highest BCUT2D eigenvalue weighted by molar-refractivity contribution is 6.33. The van der Waals surface area contributed by atoms with E-state index in [1.54, 1.807) is 6.33 Å². The molecule has 2 N–H and O–H groups in total. The molecule has 6 rings (SSSR count). The van der Waals surface area contributed by atoms with Crippen LogP contribution in [0.25, 0.3) is 11.2 Å². The largest absolute Gasteiger partial charge is 0.373 e. The molecule has 3 heterocycles. The van der Waals surface area contributed by atoms with Gasteiger partial charge in [-0.2, -0.15) is 9.97 Å². The van der Waals surface area contributed by atoms with Gasteiger partial charge in [0.05, 0.1) is 31.7 Å². The van der Waals surface area contributed by atoms with Crippen LogP contribution in [0, 0.1) is 5.92 Å². The van der Waals surface area contributed by atoms with E-state index in [9.17, 15) is 0 Å². The number of benzene rings is 2. The number of nitrogens with zero attached hydrogens (tertiary/aromatic N) is 4. The van der Waals surface area contributed by atoms with Crippen LogP contribution in [0.4, 0.5) is 5.95 Å². The molecule has 2 aromatic heterocycles. The van der Waals surface area contributed by atoms with E-state index in [2.05, 4.69) is 27.1 Å². The van der Waals surface area contributed by atoms with E-state index in [4.69, 9.17) is 31.5 Å². The van der Waals surface area contributed by atoms with Gasteiger partial charge < -0.3 is 24.5 Å². The molecule has 180 valence electrons. The molecular weight excluding hydrogens is 466 g/mol. The molecule has 35 heavy (non-hydrogen) atoms. The second-order valence-corrected chi connectivity index (χ2v) is 9.43. The van der Waals surface area contributed by atoms with E-state index in [-0.39, 0.29) is 35.3 Å². The molecular formula is C26H26ClN5O3. The number of hydrogen-bond acceptors (Lipinski definition) is 7. The van der Waals surface area contributed by atoms with Gasteiger partial charge >= 0.3 is 0 Å². The minimum absolute atomic E-state index is 0.0434. The number of ether oxygens (including phenoxy) is 3. The zero-order chi connectivity index (χ0) is 23.8. The molecule has 0 amide bonds. The number of imidazole rings is 1. The number of nitrogens with two attached hydrogens (primary N) is 1. The molecule has 0 spiro atoms. The fraction of sp³-hybridized carbons (Fsp3) is 0.346. The Morgan fingerprint density at radius 1 is 1.03 bits per heavy atom. The van der Waals surface area contributed by atoms with Crippen LogP contribution in [0.1, 0.15) is 36.3 Å². The maximum Gasteiger partial charge on any atom is 0.223 e. The van der Waals surface area contributed by atoms with E-state index in [1.165, 1.54) is 0 Å². The zero-order valence-electron chi connectivity index (χ0n) is 19.0. The minimum Gasteiger partial charge on any atom is -0.373 e. The van der Waals surface area contributed by atoms with E-state index >= 15 is 0 Å². The highest BCUT2D eigenvalue weighted by atomic mass is 35.5. The Kier molecular flexibility index (Phi) is 6.12. The lowest BCUT2D eigenvalue weighted by Gasteiger charge is -2.46. The van der Waals surface area contributed by atoms with Crippen molar-refractivity contribution in [3.05, 3.63) is 83.3 Å². The molecule has 0 unspecified atom stereocenters. The van der Waals surface area contributed by atoms with Crippen LogP contribution >= 0.6 is 11.6 Å². The van der Waals surface area contributed by atoms with E-state index in [0.29, 0.717) is 24.4 Å². The van der Waals surface area contributed by atoms with Gasteiger partial charge in [-0.1, -0.05) is 72.3 Å². The normalized spacial score (nSPS) is 26.5. The molecule has 5 atom stereocenters. The first-order chi connectivity index (χ1) is 17.2. The smallest absolute Gasteiger partial charge is 0.223 e. The van der Waals surface area contributed by atoms with Crippen molar-refractivity contribution in [3.8, 4) is 0 Å². The van der Waals surface area contributed by atoms with Crippen molar-refractivity contribution in [1.29, 1.82) is 0 Å². The number of hydrogen-bond donors (Lipinski definition) is 1. The Bertz CT molecular complexity index is 1290. The average molecular weight is 492 g/mol. The summed E-state index contributed by atoms with van der Waals surface area (Å²) in [5.74, 6) is 0.245. The fourth-order valence-electron chi connectivity index (χ4n) is 5.14. The summed E-state index contributed by atoms with van der Waals surface area (Å²) in [6.45, 7) is 1.09. The monoisotopic (exact) mass is 491 g/mol. The number of halogens is 1. The predicted octanol–water partition coefficient (Wildman–Crippen LogP) is 4.71. The Morgan fingerprint density at radius 2 is 1.80 bits per heavy atom. The van der Waals surface area contributed by atoms with Crippen LogP contribution in [0.2, 0.25) is 5.15 Å². The van der Waals surface area contributed by atoms with Crippen molar-refractivity contribution in [1.82, 2.24) is 19.5 Å². The third-order valence-electron chi connectivity index (χ3n) is 6.87. The van der Waals surface area contributed by atoms with Crippen LogP contribution < -0.4 is 5.73 Å². The average Bonchev–Trinajstić information content (AvgIpc) is 3.32. The number of aromatic nitrogens is 4. The summed E-state index contributed by atoms with van der Waals surface area (Å²) in [7, 11) is 0. The van der Waals surface area contributed by atoms with E-state index in [0.717, 1.165) is 24.0 Å². The third kappa shape index (κ3) is 4.50. The Morgan fingerprint density at radius 3 is 2.60 bits per heavy atom. The Hall–Kier alpha value is -3.04. The lowest BCUT2D eigenvalue weighted by atomic mass is 9.80. The van der Waals surface area contributed by atoms with Crippen molar-refractivity contribution < 1.29 is 14.2 Å². The maximum absolute atomic E-state index is 6.53. The summed E-state index contributed by atoms with van der Waals surface area (Å²) in [5, 5.41) is 0.253. The molecule has 1 aliphatic carbocycles. The van der Waals surface area contributed by atoms with Gasteiger partial charge in [-0.25, -0.2) is 4.98 Å². The summed E-state index contributed by atoms with van der Waals surface area (Å²) in [4.78, 5) is 12.9. The molecule has 0 radical (unpaired) electrons. The SMILES string of the molecule is Nc1nc(Cl)c2ncn([C@H]3C[C@@H]4O[C@H](c5ccccc5)OC[C@H]4[C@H](OCc4ccccc4)C3)c2n1. The van der Waals surface area contributed by atoms with Crippen LogP contribution in [0.15, 0.2) is 67.0 Å². The highest BCUT2D eigenvalue weighted by Gasteiger charge is 2.44. The van der Waals surface area contributed by atoms with Gasteiger partial charge in [-0.3, -0.25) is 0 Å². The standard InChI is InChI=1S/C26H26ClN5O3/c27-23-22-24(31-26(28)30-23)32(15-29-22)18-11-20(33-13-16-7-3-1-4-8-16)19-14-34-25(35-21(19)12-18)17-9-5-2-6-10-17/h1-10,15,18-21,25H,11-14H2,(H2,28,30,31)/t18-,19+,20-,21+,25-/m1/s1. The molecule has 9 heteroatoms. The van der Waals surface area contributed by atoms with Crippen molar-refractivity contribution in [2.75, 3.05) is 12.3 Å².